The molecule has 3 aromatic rings. The number of hydrogen-bond donors (Lipinski definition) is 1. The molecule has 0 radical (unpaired) electrons. The van der Waals surface area contributed by atoms with Gasteiger partial charge in [0.1, 0.15) is 12.4 Å². The Morgan fingerprint density at radius 1 is 1.04 bits per heavy atom. The fourth-order valence-electron chi connectivity index (χ4n) is 2.71. The molecule has 136 valence electrons. The van der Waals surface area contributed by atoms with Crippen molar-refractivity contribution in [3.05, 3.63) is 94.5 Å². The second-order valence-electron chi connectivity index (χ2n) is 6.38. The molecule has 0 unspecified atom stereocenters. The van der Waals surface area contributed by atoms with Crippen LogP contribution >= 0.6 is 0 Å². The van der Waals surface area contributed by atoms with E-state index in [2.05, 4.69) is 18.0 Å². The van der Waals surface area contributed by atoms with Gasteiger partial charge < -0.3 is 9.84 Å². The first kappa shape index (κ1) is 18.4. The Morgan fingerprint density at radius 3 is 2.48 bits per heavy atom. The maximum Gasteiger partial charge on any atom is 0.335 e. The van der Waals surface area contributed by atoms with Crippen LogP contribution in [0.4, 0.5) is 5.69 Å². The Labute approximate surface area is 158 Å². The summed E-state index contributed by atoms with van der Waals surface area (Å²) in [6, 6.07) is 20.5. The van der Waals surface area contributed by atoms with Crippen molar-refractivity contribution in [3.8, 4) is 5.75 Å². The first-order valence-electron chi connectivity index (χ1n) is 8.68. The van der Waals surface area contributed by atoms with Crippen LogP contribution in [0.25, 0.3) is 0 Å². The van der Waals surface area contributed by atoms with E-state index in [0.29, 0.717) is 6.61 Å². The Bertz CT molecular complexity index is 975. The van der Waals surface area contributed by atoms with E-state index >= 15 is 0 Å². The van der Waals surface area contributed by atoms with Gasteiger partial charge in [0.05, 0.1) is 11.3 Å². The van der Waals surface area contributed by atoms with Crippen molar-refractivity contribution in [2.75, 3.05) is 0 Å². The molecule has 0 saturated heterocycles. The molecule has 1 N–H and O–H groups in total. The van der Waals surface area contributed by atoms with Crippen LogP contribution < -0.4 is 4.74 Å². The molecule has 0 saturated carbocycles. The van der Waals surface area contributed by atoms with Gasteiger partial charge in [0.15, 0.2) is 0 Å². The Balaban J connectivity index is 1.73. The summed E-state index contributed by atoms with van der Waals surface area (Å²) in [6.45, 7) is 4.46. The highest BCUT2D eigenvalue weighted by atomic mass is 16.5. The molecule has 0 fully saturated rings. The third kappa shape index (κ3) is 4.82. The molecule has 0 aliphatic rings. The number of aliphatic imine (C=N–C) groups is 1. The van der Waals surface area contributed by atoms with Gasteiger partial charge in [-0.3, -0.25) is 4.99 Å². The highest BCUT2D eigenvalue weighted by Crippen LogP contribution is 2.22. The molecule has 0 bridgehead atoms. The number of nitrogens with zero attached hydrogens (tertiary/aromatic N) is 1. The van der Waals surface area contributed by atoms with E-state index in [1.807, 2.05) is 43.3 Å². The Kier molecular flexibility index (Phi) is 5.67. The molecule has 4 nitrogen and oxygen atoms in total. The molecule has 0 amide bonds. The number of aromatic carboxylic acids is 1. The fraction of sp³-hybridized carbons (Fsp3) is 0.130. The number of para-hydroxylation sites is 1. The fourth-order valence-corrected chi connectivity index (χ4v) is 2.71. The number of rotatable bonds is 6. The van der Waals surface area contributed by atoms with Crippen LogP contribution in [0, 0.1) is 13.8 Å². The number of carboxylic acids is 1. The minimum absolute atomic E-state index is 0.264. The molecule has 0 aliphatic heterocycles. The van der Waals surface area contributed by atoms with Gasteiger partial charge >= 0.3 is 5.97 Å². The van der Waals surface area contributed by atoms with Crippen LogP contribution in [-0.4, -0.2) is 17.3 Å². The summed E-state index contributed by atoms with van der Waals surface area (Å²) in [5.74, 6) is -0.205. The second kappa shape index (κ2) is 8.32. The summed E-state index contributed by atoms with van der Waals surface area (Å²) in [6.07, 6.45) is 1.81. The number of carbonyl (C=O) groups is 1. The lowest BCUT2D eigenvalue weighted by Gasteiger charge is -2.09. The van der Waals surface area contributed by atoms with Crippen LogP contribution in [0.5, 0.6) is 5.75 Å². The highest BCUT2D eigenvalue weighted by Gasteiger charge is 2.04. The van der Waals surface area contributed by atoms with Crippen molar-refractivity contribution in [3.63, 3.8) is 0 Å². The lowest BCUT2D eigenvalue weighted by molar-refractivity contribution is 0.0697. The number of hydrogen-bond acceptors (Lipinski definition) is 3. The van der Waals surface area contributed by atoms with Gasteiger partial charge in [-0.05, 0) is 55.3 Å². The molecule has 0 atom stereocenters. The third-order valence-corrected chi connectivity index (χ3v) is 4.21. The zero-order valence-electron chi connectivity index (χ0n) is 15.3. The molecule has 0 heterocycles. The van der Waals surface area contributed by atoms with Crippen molar-refractivity contribution >= 4 is 17.9 Å². The number of benzene rings is 3. The predicted octanol–water partition coefficient (Wildman–Crippen LogP) is 5.33. The lowest BCUT2D eigenvalue weighted by atomic mass is 10.1. The number of ether oxygens (including phenoxy) is 1. The quantitative estimate of drug-likeness (QED) is 0.605. The lowest BCUT2D eigenvalue weighted by Crippen LogP contribution is -2.00. The standard InChI is InChI=1S/C23H21NO3/c1-16-7-12-21(17(2)13-16)24-14-20-5-3-4-6-22(20)27-15-18-8-10-19(11-9-18)23(25)26/h3-14H,15H2,1-2H3,(H,25,26). The molecular weight excluding hydrogens is 338 g/mol. The van der Waals surface area contributed by atoms with E-state index in [1.165, 1.54) is 5.56 Å². The summed E-state index contributed by atoms with van der Waals surface area (Å²) < 4.78 is 5.92. The maximum atomic E-state index is 10.9. The van der Waals surface area contributed by atoms with Gasteiger partial charge in [-0.15, -0.1) is 0 Å². The summed E-state index contributed by atoms with van der Waals surface area (Å²) in [5.41, 5.74) is 5.33. The van der Waals surface area contributed by atoms with Gasteiger partial charge in [0, 0.05) is 11.8 Å². The van der Waals surface area contributed by atoms with Gasteiger partial charge in [0.2, 0.25) is 0 Å². The molecule has 3 aromatic carbocycles. The minimum atomic E-state index is -0.935. The van der Waals surface area contributed by atoms with E-state index in [9.17, 15) is 4.79 Å². The van der Waals surface area contributed by atoms with Gasteiger partial charge in [-0.25, -0.2) is 4.79 Å². The molecule has 0 spiro atoms. The zero-order valence-corrected chi connectivity index (χ0v) is 15.3. The molecular formula is C23H21NO3. The first-order valence-corrected chi connectivity index (χ1v) is 8.68. The van der Waals surface area contributed by atoms with Crippen LogP contribution in [0.1, 0.15) is 32.6 Å². The van der Waals surface area contributed by atoms with E-state index in [4.69, 9.17) is 9.84 Å². The van der Waals surface area contributed by atoms with E-state index in [-0.39, 0.29) is 5.56 Å². The maximum absolute atomic E-state index is 10.9. The molecule has 4 heteroatoms. The predicted molar refractivity (Wildman–Crippen MR) is 107 cm³/mol. The van der Waals surface area contributed by atoms with Gasteiger partial charge in [0.25, 0.3) is 0 Å². The molecule has 0 aliphatic carbocycles. The van der Waals surface area contributed by atoms with E-state index in [0.717, 1.165) is 28.1 Å². The van der Waals surface area contributed by atoms with Gasteiger partial charge in [-0.1, -0.05) is 42.0 Å². The summed E-state index contributed by atoms with van der Waals surface area (Å²) >= 11 is 0. The SMILES string of the molecule is Cc1ccc(N=Cc2ccccc2OCc2ccc(C(=O)O)cc2)c(C)c1. The Hall–Kier alpha value is -3.40. The summed E-state index contributed by atoms with van der Waals surface area (Å²) in [5, 5.41) is 8.96. The zero-order chi connectivity index (χ0) is 19.2. The largest absolute Gasteiger partial charge is 0.488 e. The van der Waals surface area contributed by atoms with Crippen molar-refractivity contribution < 1.29 is 14.6 Å². The highest BCUT2D eigenvalue weighted by molar-refractivity contribution is 5.87. The topological polar surface area (TPSA) is 58.9 Å². The van der Waals surface area contributed by atoms with Gasteiger partial charge in [-0.2, -0.15) is 0 Å². The van der Waals surface area contributed by atoms with Crippen LogP contribution in [-0.2, 0) is 6.61 Å². The third-order valence-electron chi connectivity index (χ3n) is 4.21. The molecule has 3 rings (SSSR count). The summed E-state index contributed by atoms with van der Waals surface area (Å²) in [7, 11) is 0. The van der Waals surface area contributed by atoms with Crippen LogP contribution in [0.15, 0.2) is 71.7 Å². The molecule has 0 aromatic heterocycles. The number of carboxylic acid groups (broad SMARTS) is 1. The monoisotopic (exact) mass is 359 g/mol. The Morgan fingerprint density at radius 2 is 1.78 bits per heavy atom. The first-order chi connectivity index (χ1) is 13.0. The summed E-state index contributed by atoms with van der Waals surface area (Å²) in [4.78, 5) is 15.5. The van der Waals surface area contributed by atoms with Crippen molar-refractivity contribution in [1.82, 2.24) is 0 Å². The van der Waals surface area contributed by atoms with Crippen LogP contribution in [0.2, 0.25) is 0 Å². The van der Waals surface area contributed by atoms with E-state index in [1.54, 1.807) is 30.5 Å². The van der Waals surface area contributed by atoms with Crippen molar-refractivity contribution in [1.29, 1.82) is 0 Å². The molecule has 27 heavy (non-hydrogen) atoms. The normalized spacial score (nSPS) is 10.9. The second-order valence-corrected chi connectivity index (χ2v) is 6.38. The smallest absolute Gasteiger partial charge is 0.335 e. The number of aryl methyl sites for hydroxylation is 2. The van der Waals surface area contributed by atoms with E-state index < -0.39 is 5.97 Å². The van der Waals surface area contributed by atoms with Crippen LogP contribution in [0.3, 0.4) is 0 Å². The van der Waals surface area contributed by atoms with Crippen molar-refractivity contribution in [2.24, 2.45) is 4.99 Å². The minimum Gasteiger partial charge on any atom is -0.488 e. The average Bonchev–Trinajstić information content (AvgIpc) is 2.66. The average molecular weight is 359 g/mol. The van der Waals surface area contributed by atoms with Crippen molar-refractivity contribution in [2.45, 2.75) is 20.5 Å².